The van der Waals surface area contributed by atoms with Crippen molar-refractivity contribution in [3.8, 4) is 0 Å². The van der Waals surface area contributed by atoms with Crippen LogP contribution in [0.5, 0.6) is 0 Å². The van der Waals surface area contributed by atoms with Crippen LogP contribution < -0.4 is 9.80 Å². The van der Waals surface area contributed by atoms with Crippen LogP contribution in [-0.4, -0.2) is 23.6 Å². The molecule has 1 saturated heterocycles. The minimum Gasteiger partial charge on any atom is -0.348 e. The molecule has 2 aromatic rings. The summed E-state index contributed by atoms with van der Waals surface area (Å²) < 4.78 is 39.6. The maximum absolute atomic E-state index is 13.2. The number of carbonyl (C=O) groups is 1. The Labute approximate surface area is 157 Å². The highest BCUT2D eigenvalue weighted by molar-refractivity contribution is 7.99. The van der Waals surface area contributed by atoms with Gasteiger partial charge >= 0.3 is 6.18 Å². The number of hydrogen-bond acceptors (Lipinski definition) is 3. The quantitative estimate of drug-likeness (QED) is 0.727. The summed E-state index contributed by atoms with van der Waals surface area (Å²) in [5.74, 6) is 1.05. The SMILES string of the molecule is O=C1[C@@H]2CSCN2c2ccc(C(F)(F)F)cc2N1Cc1cccc(Cl)c1. The topological polar surface area (TPSA) is 23.6 Å². The normalized spacial score (nSPS) is 19.5. The van der Waals surface area contributed by atoms with Crippen molar-refractivity contribution in [1.29, 1.82) is 0 Å². The number of amides is 1. The Balaban J connectivity index is 1.80. The van der Waals surface area contributed by atoms with Crippen LogP contribution in [0.1, 0.15) is 11.1 Å². The van der Waals surface area contributed by atoms with Crippen molar-refractivity contribution in [3.05, 3.63) is 58.6 Å². The van der Waals surface area contributed by atoms with E-state index in [-0.39, 0.29) is 18.5 Å². The van der Waals surface area contributed by atoms with E-state index in [1.165, 1.54) is 11.0 Å². The van der Waals surface area contributed by atoms with Gasteiger partial charge in [-0.15, -0.1) is 11.8 Å². The van der Waals surface area contributed by atoms with Crippen LogP contribution in [0.25, 0.3) is 0 Å². The predicted octanol–water partition coefficient (Wildman–Crippen LogP) is 4.78. The van der Waals surface area contributed by atoms with Crippen molar-refractivity contribution in [3.63, 3.8) is 0 Å². The highest BCUT2D eigenvalue weighted by atomic mass is 35.5. The zero-order valence-electron chi connectivity index (χ0n) is 13.5. The Hall–Kier alpha value is -1.86. The molecule has 0 spiro atoms. The van der Waals surface area contributed by atoms with Gasteiger partial charge in [0.05, 0.1) is 29.4 Å². The van der Waals surface area contributed by atoms with Gasteiger partial charge in [-0.3, -0.25) is 4.79 Å². The number of rotatable bonds is 2. The summed E-state index contributed by atoms with van der Waals surface area (Å²) in [5, 5.41) is 0.522. The number of benzene rings is 2. The first-order valence-corrected chi connectivity index (χ1v) is 9.49. The standard InChI is InChI=1S/C18H14ClF3N2OS/c19-13-3-1-2-11(6-13)8-23-15-7-12(18(20,21)22)4-5-14(15)24-10-26-9-16(24)17(23)25/h1-7,16H,8-10H2/t16-/m0/s1. The van der Waals surface area contributed by atoms with E-state index in [4.69, 9.17) is 11.6 Å². The number of thioether (sulfide) groups is 1. The molecule has 3 nitrogen and oxygen atoms in total. The molecule has 2 aromatic carbocycles. The van der Waals surface area contributed by atoms with Crippen LogP contribution in [-0.2, 0) is 17.5 Å². The average Bonchev–Trinajstić information content (AvgIpc) is 3.07. The number of hydrogen-bond donors (Lipinski definition) is 0. The molecule has 1 atom stereocenters. The Kier molecular flexibility index (Phi) is 4.31. The number of nitrogens with zero attached hydrogens (tertiary/aromatic N) is 2. The Bertz CT molecular complexity index is 874. The van der Waals surface area contributed by atoms with E-state index in [9.17, 15) is 18.0 Å². The van der Waals surface area contributed by atoms with Gasteiger partial charge in [0.25, 0.3) is 5.91 Å². The lowest BCUT2D eigenvalue weighted by atomic mass is 10.0. The maximum atomic E-state index is 13.2. The number of fused-ring (bicyclic) bond motifs is 3. The summed E-state index contributed by atoms with van der Waals surface area (Å²) in [5.41, 5.74) is 0.969. The number of carbonyl (C=O) groups excluding carboxylic acids is 1. The monoisotopic (exact) mass is 398 g/mol. The fourth-order valence-electron chi connectivity index (χ4n) is 3.32. The third-order valence-electron chi connectivity index (χ3n) is 4.57. The zero-order chi connectivity index (χ0) is 18.5. The predicted molar refractivity (Wildman–Crippen MR) is 97.7 cm³/mol. The van der Waals surface area contributed by atoms with Crippen molar-refractivity contribution in [2.24, 2.45) is 0 Å². The van der Waals surface area contributed by atoms with Gasteiger partial charge in [0, 0.05) is 10.8 Å². The average molecular weight is 399 g/mol. The fourth-order valence-corrected chi connectivity index (χ4v) is 4.70. The first-order chi connectivity index (χ1) is 12.3. The molecule has 0 aliphatic carbocycles. The van der Waals surface area contributed by atoms with Crippen LogP contribution in [0.4, 0.5) is 24.5 Å². The van der Waals surface area contributed by atoms with E-state index in [0.717, 1.165) is 17.7 Å². The lowest BCUT2D eigenvalue weighted by Gasteiger charge is -2.39. The first kappa shape index (κ1) is 17.5. The molecular weight excluding hydrogens is 385 g/mol. The van der Waals surface area contributed by atoms with Crippen LogP contribution >= 0.6 is 23.4 Å². The molecule has 0 unspecified atom stereocenters. The van der Waals surface area contributed by atoms with E-state index < -0.39 is 11.7 Å². The molecule has 0 saturated carbocycles. The summed E-state index contributed by atoms with van der Waals surface area (Å²) in [6, 6.07) is 10.3. The molecule has 26 heavy (non-hydrogen) atoms. The smallest absolute Gasteiger partial charge is 0.348 e. The maximum Gasteiger partial charge on any atom is 0.416 e. The van der Waals surface area contributed by atoms with Gasteiger partial charge in [-0.2, -0.15) is 13.2 Å². The van der Waals surface area contributed by atoms with Gasteiger partial charge in [0.1, 0.15) is 6.04 Å². The Morgan fingerprint density at radius 1 is 1.15 bits per heavy atom. The second-order valence-electron chi connectivity index (χ2n) is 6.24. The largest absolute Gasteiger partial charge is 0.416 e. The summed E-state index contributed by atoms with van der Waals surface area (Å²) in [6.45, 7) is 0.183. The molecule has 1 fully saturated rings. The molecular formula is C18H14ClF3N2OS. The second-order valence-corrected chi connectivity index (χ2v) is 7.68. The number of alkyl halides is 3. The van der Waals surface area contributed by atoms with Crippen LogP contribution in [0.3, 0.4) is 0 Å². The van der Waals surface area contributed by atoms with Gasteiger partial charge in [-0.1, -0.05) is 23.7 Å². The molecule has 2 aliphatic rings. The lowest BCUT2D eigenvalue weighted by molar-refractivity contribution is -0.137. The van der Waals surface area contributed by atoms with E-state index in [0.29, 0.717) is 28.0 Å². The number of anilines is 2. The molecule has 8 heteroatoms. The van der Waals surface area contributed by atoms with E-state index >= 15 is 0 Å². The molecule has 136 valence electrons. The Morgan fingerprint density at radius 2 is 1.96 bits per heavy atom. The highest BCUT2D eigenvalue weighted by Gasteiger charge is 2.42. The van der Waals surface area contributed by atoms with Crippen molar-refractivity contribution < 1.29 is 18.0 Å². The first-order valence-electron chi connectivity index (χ1n) is 7.96. The fraction of sp³-hybridized carbons (Fsp3) is 0.278. The minimum atomic E-state index is -4.46. The van der Waals surface area contributed by atoms with Gasteiger partial charge in [0.2, 0.25) is 0 Å². The lowest BCUT2D eigenvalue weighted by Crippen LogP contribution is -2.51. The minimum absolute atomic E-state index is 0.179. The third-order valence-corrected chi connectivity index (χ3v) is 5.81. The molecule has 0 bridgehead atoms. The highest BCUT2D eigenvalue weighted by Crippen LogP contribution is 2.44. The molecule has 2 heterocycles. The molecule has 2 aliphatic heterocycles. The van der Waals surface area contributed by atoms with Crippen molar-refractivity contribution in [1.82, 2.24) is 0 Å². The second kappa shape index (κ2) is 6.39. The molecule has 0 N–H and O–H groups in total. The number of halogens is 4. The van der Waals surface area contributed by atoms with Crippen LogP contribution in [0.2, 0.25) is 5.02 Å². The Morgan fingerprint density at radius 3 is 2.69 bits per heavy atom. The molecule has 4 rings (SSSR count). The summed E-state index contributed by atoms with van der Waals surface area (Å²) >= 11 is 7.61. The molecule has 0 aromatic heterocycles. The van der Waals surface area contributed by atoms with Gasteiger partial charge in [-0.05, 0) is 35.9 Å². The molecule has 1 amide bonds. The van der Waals surface area contributed by atoms with Gasteiger partial charge in [0.15, 0.2) is 0 Å². The van der Waals surface area contributed by atoms with Gasteiger partial charge < -0.3 is 9.80 Å². The summed E-state index contributed by atoms with van der Waals surface area (Å²) in [4.78, 5) is 16.3. The summed E-state index contributed by atoms with van der Waals surface area (Å²) in [7, 11) is 0. The molecule has 0 radical (unpaired) electrons. The van der Waals surface area contributed by atoms with E-state index in [2.05, 4.69) is 0 Å². The van der Waals surface area contributed by atoms with Gasteiger partial charge in [-0.25, -0.2) is 0 Å². The van der Waals surface area contributed by atoms with E-state index in [1.54, 1.807) is 30.0 Å². The third kappa shape index (κ3) is 3.03. The van der Waals surface area contributed by atoms with Crippen molar-refractivity contribution in [2.45, 2.75) is 18.8 Å². The zero-order valence-corrected chi connectivity index (χ0v) is 15.0. The summed E-state index contributed by atoms with van der Waals surface area (Å²) in [6.07, 6.45) is -4.46. The van der Waals surface area contributed by atoms with Crippen molar-refractivity contribution in [2.75, 3.05) is 21.4 Å². The van der Waals surface area contributed by atoms with Crippen LogP contribution in [0, 0.1) is 0 Å². The van der Waals surface area contributed by atoms with Crippen LogP contribution in [0.15, 0.2) is 42.5 Å². The van der Waals surface area contributed by atoms with Crippen molar-refractivity contribution >= 4 is 40.6 Å². The van der Waals surface area contributed by atoms with E-state index in [1.807, 2.05) is 11.0 Å².